The molecule has 3 N–H and O–H groups in total. The van der Waals surface area contributed by atoms with Gasteiger partial charge in [-0.3, -0.25) is 11.3 Å². The van der Waals surface area contributed by atoms with Gasteiger partial charge in [0, 0.05) is 17.3 Å². The van der Waals surface area contributed by atoms with Gasteiger partial charge in [-0.15, -0.1) is 11.3 Å². The van der Waals surface area contributed by atoms with Gasteiger partial charge in [-0.25, -0.2) is 4.98 Å². The molecular formula is C11H19N3S. The third kappa shape index (κ3) is 2.38. The molecule has 0 aromatic carbocycles. The molecule has 0 aliphatic heterocycles. The molecule has 4 heteroatoms. The first-order valence-electron chi connectivity index (χ1n) is 5.59. The number of hydrogen-bond donors (Lipinski definition) is 2. The van der Waals surface area contributed by atoms with Crippen molar-refractivity contribution < 1.29 is 0 Å². The summed E-state index contributed by atoms with van der Waals surface area (Å²) in [6.07, 6.45) is 4.98. The predicted molar refractivity (Wildman–Crippen MR) is 63.7 cm³/mol. The number of nitrogens with zero attached hydrogens (tertiary/aromatic N) is 1. The zero-order valence-electron chi connectivity index (χ0n) is 9.42. The lowest BCUT2D eigenvalue weighted by Crippen LogP contribution is -2.44. The minimum absolute atomic E-state index is 0.420. The number of aromatic nitrogens is 1. The molecule has 1 aromatic rings. The minimum atomic E-state index is 0.420. The van der Waals surface area contributed by atoms with Gasteiger partial charge in [0.25, 0.3) is 0 Å². The predicted octanol–water partition coefficient (Wildman–Crippen LogP) is 1.93. The molecule has 1 heterocycles. The SMILES string of the molecule is Cc1nc(CC(NN)C2CCC2)sc1C. The third-order valence-corrected chi connectivity index (χ3v) is 4.50. The van der Waals surface area contributed by atoms with Crippen LogP contribution in [0.2, 0.25) is 0 Å². The van der Waals surface area contributed by atoms with E-state index >= 15 is 0 Å². The smallest absolute Gasteiger partial charge is 0.0947 e. The lowest BCUT2D eigenvalue weighted by molar-refractivity contribution is 0.228. The Labute approximate surface area is 95.1 Å². The Bertz CT molecular complexity index is 311. The summed E-state index contributed by atoms with van der Waals surface area (Å²) in [7, 11) is 0. The zero-order chi connectivity index (χ0) is 10.8. The molecule has 1 unspecified atom stereocenters. The molecule has 84 valence electrons. The molecule has 1 saturated carbocycles. The Hall–Kier alpha value is -0.450. The van der Waals surface area contributed by atoms with Crippen LogP contribution in [0.4, 0.5) is 0 Å². The van der Waals surface area contributed by atoms with Crippen molar-refractivity contribution in [1.29, 1.82) is 0 Å². The maximum absolute atomic E-state index is 5.60. The molecule has 1 fully saturated rings. The largest absolute Gasteiger partial charge is 0.271 e. The quantitative estimate of drug-likeness (QED) is 0.608. The van der Waals surface area contributed by atoms with Crippen LogP contribution >= 0.6 is 11.3 Å². The van der Waals surface area contributed by atoms with Gasteiger partial charge in [0.15, 0.2) is 0 Å². The fourth-order valence-electron chi connectivity index (χ4n) is 2.02. The Balaban J connectivity index is 1.99. The molecule has 1 aliphatic carbocycles. The van der Waals surface area contributed by atoms with Crippen LogP contribution in [-0.2, 0) is 6.42 Å². The van der Waals surface area contributed by atoms with E-state index in [1.165, 1.54) is 34.8 Å². The van der Waals surface area contributed by atoms with Gasteiger partial charge >= 0.3 is 0 Å². The fourth-order valence-corrected chi connectivity index (χ4v) is 3.01. The van der Waals surface area contributed by atoms with E-state index in [1.807, 2.05) is 0 Å². The van der Waals surface area contributed by atoms with Gasteiger partial charge in [-0.1, -0.05) is 6.42 Å². The second-order valence-corrected chi connectivity index (χ2v) is 5.71. The van der Waals surface area contributed by atoms with Crippen molar-refractivity contribution in [1.82, 2.24) is 10.4 Å². The maximum atomic E-state index is 5.60. The van der Waals surface area contributed by atoms with Gasteiger partial charge in [0.2, 0.25) is 0 Å². The van der Waals surface area contributed by atoms with Crippen molar-refractivity contribution in [3.8, 4) is 0 Å². The molecule has 0 amide bonds. The number of thiazole rings is 1. The summed E-state index contributed by atoms with van der Waals surface area (Å²) in [6.45, 7) is 4.20. The molecule has 1 aliphatic rings. The summed E-state index contributed by atoms with van der Waals surface area (Å²) in [4.78, 5) is 5.89. The molecular weight excluding hydrogens is 206 g/mol. The van der Waals surface area contributed by atoms with Gasteiger partial charge < -0.3 is 0 Å². The van der Waals surface area contributed by atoms with Crippen molar-refractivity contribution in [3.63, 3.8) is 0 Å². The van der Waals surface area contributed by atoms with E-state index in [2.05, 4.69) is 24.3 Å². The van der Waals surface area contributed by atoms with E-state index in [9.17, 15) is 0 Å². The molecule has 0 spiro atoms. The van der Waals surface area contributed by atoms with Gasteiger partial charge in [0.05, 0.1) is 10.7 Å². The summed E-state index contributed by atoms with van der Waals surface area (Å²) < 4.78 is 0. The Morgan fingerprint density at radius 3 is 2.67 bits per heavy atom. The Morgan fingerprint density at radius 1 is 1.53 bits per heavy atom. The highest BCUT2D eigenvalue weighted by molar-refractivity contribution is 7.11. The standard InChI is InChI=1S/C11H19N3S/c1-7-8(2)15-11(13-7)6-10(14-12)9-4-3-5-9/h9-10,14H,3-6,12H2,1-2H3. The number of nitrogens with one attached hydrogen (secondary N) is 1. The highest BCUT2D eigenvalue weighted by atomic mass is 32.1. The first-order valence-corrected chi connectivity index (χ1v) is 6.41. The van der Waals surface area contributed by atoms with Crippen LogP contribution < -0.4 is 11.3 Å². The molecule has 3 nitrogen and oxygen atoms in total. The molecule has 2 rings (SSSR count). The third-order valence-electron chi connectivity index (χ3n) is 3.40. The van der Waals surface area contributed by atoms with Crippen molar-refractivity contribution in [2.75, 3.05) is 0 Å². The lowest BCUT2D eigenvalue weighted by atomic mass is 9.79. The van der Waals surface area contributed by atoms with E-state index in [-0.39, 0.29) is 0 Å². The molecule has 1 aromatic heterocycles. The van der Waals surface area contributed by atoms with Gasteiger partial charge in [-0.05, 0) is 32.6 Å². The van der Waals surface area contributed by atoms with E-state index in [1.54, 1.807) is 11.3 Å². The number of hydrazine groups is 1. The second-order valence-electron chi connectivity index (χ2n) is 4.42. The topological polar surface area (TPSA) is 50.9 Å². The number of nitrogens with two attached hydrogens (primary N) is 1. The highest BCUT2D eigenvalue weighted by Crippen LogP contribution is 2.31. The van der Waals surface area contributed by atoms with Crippen LogP contribution in [0, 0.1) is 19.8 Å². The van der Waals surface area contributed by atoms with Gasteiger partial charge in [-0.2, -0.15) is 0 Å². The van der Waals surface area contributed by atoms with E-state index in [4.69, 9.17) is 5.84 Å². The van der Waals surface area contributed by atoms with Gasteiger partial charge in [0.1, 0.15) is 0 Å². The van der Waals surface area contributed by atoms with Crippen LogP contribution in [0.1, 0.15) is 34.8 Å². The summed E-state index contributed by atoms with van der Waals surface area (Å²) >= 11 is 1.80. The van der Waals surface area contributed by atoms with Crippen molar-refractivity contribution in [3.05, 3.63) is 15.6 Å². The minimum Gasteiger partial charge on any atom is -0.271 e. The monoisotopic (exact) mass is 225 g/mol. The first-order chi connectivity index (χ1) is 7.20. The molecule has 0 saturated heterocycles. The summed E-state index contributed by atoms with van der Waals surface area (Å²) in [6, 6.07) is 0.420. The fraction of sp³-hybridized carbons (Fsp3) is 0.727. The molecule has 15 heavy (non-hydrogen) atoms. The Morgan fingerprint density at radius 2 is 2.27 bits per heavy atom. The van der Waals surface area contributed by atoms with E-state index in [0.717, 1.165) is 12.3 Å². The summed E-state index contributed by atoms with van der Waals surface area (Å²) in [5, 5.41) is 1.22. The average Bonchev–Trinajstić information content (AvgIpc) is 2.42. The summed E-state index contributed by atoms with van der Waals surface area (Å²) in [5.74, 6) is 6.37. The lowest BCUT2D eigenvalue weighted by Gasteiger charge is -2.32. The van der Waals surface area contributed by atoms with Crippen LogP contribution in [0.25, 0.3) is 0 Å². The first kappa shape index (κ1) is 11.0. The van der Waals surface area contributed by atoms with Crippen molar-refractivity contribution in [2.45, 2.75) is 45.6 Å². The Kier molecular flexibility index (Phi) is 3.38. The zero-order valence-corrected chi connectivity index (χ0v) is 10.2. The van der Waals surface area contributed by atoms with Crippen LogP contribution in [0.15, 0.2) is 0 Å². The summed E-state index contributed by atoms with van der Waals surface area (Å²) in [5.41, 5.74) is 4.11. The molecule has 1 atom stereocenters. The van der Waals surface area contributed by atoms with Crippen LogP contribution in [0.5, 0.6) is 0 Å². The van der Waals surface area contributed by atoms with Crippen molar-refractivity contribution >= 4 is 11.3 Å². The van der Waals surface area contributed by atoms with Crippen molar-refractivity contribution in [2.24, 2.45) is 11.8 Å². The average molecular weight is 225 g/mol. The molecule has 0 radical (unpaired) electrons. The van der Waals surface area contributed by atoms with Crippen LogP contribution in [-0.4, -0.2) is 11.0 Å². The molecule has 0 bridgehead atoms. The normalized spacial score (nSPS) is 18.9. The number of aryl methyl sites for hydroxylation is 2. The number of rotatable bonds is 4. The highest BCUT2D eigenvalue weighted by Gasteiger charge is 2.27. The second kappa shape index (κ2) is 4.60. The van der Waals surface area contributed by atoms with E-state index in [0.29, 0.717) is 6.04 Å². The maximum Gasteiger partial charge on any atom is 0.0947 e. The van der Waals surface area contributed by atoms with E-state index < -0.39 is 0 Å². The van der Waals surface area contributed by atoms with Crippen LogP contribution in [0.3, 0.4) is 0 Å². The number of hydrogen-bond acceptors (Lipinski definition) is 4.